The van der Waals surface area contributed by atoms with Gasteiger partial charge in [-0.05, 0) is 32.1 Å². The first-order valence-corrected chi connectivity index (χ1v) is 8.78. The summed E-state index contributed by atoms with van der Waals surface area (Å²) in [7, 11) is 0.609. The number of nitrogens with zero attached hydrogens (tertiary/aromatic N) is 1. The van der Waals surface area contributed by atoms with Crippen LogP contribution in [0, 0.1) is 0 Å². The molecule has 6 heteroatoms. The topological polar surface area (TPSA) is 49.4 Å². The van der Waals surface area contributed by atoms with Gasteiger partial charge in [0.15, 0.2) is 0 Å². The Hall–Kier alpha value is -0.620. The van der Waals surface area contributed by atoms with E-state index >= 15 is 0 Å². The van der Waals surface area contributed by atoms with Crippen molar-refractivity contribution in [3.63, 3.8) is 0 Å². The second-order valence-electron chi connectivity index (χ2n) is 5.02. The van der Waals surface area contributed by atoms with Gasteiger partial charge < -0.3 is 4.90 Å². The van der Waals surface area contributed by atoms with Crippen LogP contribution in [0.25, 0.3) is 0 Å². The number of sulfonamides is 1. The zero-order valence-corrected chi connectivity index (χ0v) is 13.8. The first-order chi connectivity index (χ1) is 9.37. The molecule has 4 nitrogen and oxygen atoms in total. The van der Waals surface area contributed by atoms with E-state index in [0.717, 1.165) is 12.0 Å². The first kappa shape index (κ1) is 17.4. The molecule has 0 fully saturated rings. The van der Waals surface area contributed by atoms with Gasteiger partial charge in [0, 0.05) is 17.6 Å². The molecule has 0 aliphatic carbocycles. The van der Waals surface area contributed by atoms with E-state index in [2.05, 4.69) is 4.72 Å². The number of benzene rings is 1. The highest BCUT2D eigenvalue weighted by atomic mass is 35.5. The summed E-state index contributed by atoms with van der Waals surface area (Å²) in [5.41, 5.74) is 0.928. The van der Waals surface area contributed by atoms with Crippen molar-refractivity contribution in [1.82, 2.24) is 9.62 Å². The normalized spacial score (nSPS) is 13.7. The van der Waals surface area contributed by atoms with Crippen LogP contribution < -0.4 is 4.72 Å². The number of hydrogen-bond donors (Lipinski definition) is 1. The summed E-state index contributed by atoms with van der Waals surface area (Å²) in [6.45, 7) is 2.30. The minimum absolute atomic E-state index is 0.0832. The summed E-state index contributed by atoms with van der Waals surface area (Å²) in [4.78, 5) is 1.96. The minimum Gasteiger partial charge on any atom is -0.301 e. The highest BCUT2D eigenvalue weighted by molar-refractivity contribution is 7.89. The van der Waals surface area contributed by atoms with Crippen molar-refractivity contribution in [3.05, 3.63) is 34.9 Å². The predicted molar refractivity (Wildman–Crippen MR) is 84.6 cm³/mol. The number of rotatable bonds is 8. The molecule has 0 spiro atoms. The van der Waals surface area contributed by atoms with Crippen LogP contribution in [-0.4, -0.2) is 39.7 Å². The molecule has 1 aromatic carbocycles. The van der Waals surface area contributed by atoms with E-state index < -0.39 is 10.0 Å². The van der Waals surface area contributed by atoms with Crippen LogP contribution in [-0.2, 0) is 10.0 Å². The molecule has 0 saturated carbocycles. The second kappa shape index (κ2) is 7.98. The Morgan fingerprint density at radius 3 is 2.50 bits per heavy atom. The van der Waals surface area contributed by atoms with Crippen LogP contribution in [0.5, 0.6) is 0 Å². The van der Waals surface area contributed by atoms with Crippen molar-refractivity contribution < 1.29 is 8.42 Å². The number of unbranched alkanes of at least 4 members (excludes halogenated alkanes) is 1. The van der Waals surface area contributed by atoms with E-state index in [-0.39, 0.29) is 11.8 Å². The van der Waals surface area contributed by atoms with Gasteiger partial charge in [0.2, 0.25) is 10.0 Å². The molecule has 0 aromatic heterocycles. The Labute approximate surface area is 127 Å². The molecule has 0 radical (unpaired) electrons. The van der Waals surface area contributed by atoms with Crippen LogP contribution in [0.1, 0.15) is 31.4 Å². The van der Waals surface area contributed by atoms with E-state index in [9.17, 15) is 8.42 Å². The van der Waals surface area contributed by atoms with Crippen LogP contribution >= 0.6 is 11.6 Å². The van der Waals surface area contributed by atoms with Gasteiger partial charge in [-0.2, -0.15) is 0 Å². The average molecular weight is 319 g/mol. The molecule has 0 aliphatic heterocycles. The fourth-order valence-corrected chi connectivity index (χ4v) is 3.42. The van der Waals surface area contributed by atoms with Crippen molar-refractivity contribution >= 4 is 21.6 Å². The SMILES string of the molecule is CCCCS(=O)(=O)NCC(c1ccccc1Cl)N(C)C. The van der Waals surface area contributed by atoms with Crippen molar-refractivity contribution in [3.8, 4) is 0 Å². The van der Waals surface area contributed by atoms with Gasteiger partial charge in [0.05, 0.1) is 5.75 Å². The van der Waals surface area contributed by atoms with Crippen molar-refractivity contribution in [1.29, 1.82) is 0 Å². The van der Waals surface area contributed by atoms with E-state index in [1.54, 1.807) is 0 Å². The van der Waals surface area contributed by atoms with Crippen LogP contribution in [0.4, 0.5) is 0 Å². The maximum Gasteiger partial charge on any atom is 0.211 e. The zero-order chi connectivity index (χ0) is 15.2. The standard InChI is InChI=1S/C14H23ClN2O2S/c1-4-5-10-20(18,19)16-11-14(17(2)3)12-8-6-7-9-13(12)15/h6-9,14,16H,4-5,10-11H2,1-3H3. The highest BCUT2D eigenvalue weighted by Crippen LogP contribution is 2.25. The molecule has 0 amide bonds. The molecular formula is C14H23ClN2O2S. The van der Waals surface area contributed by atoms with Gasteiger partial charge in [-0.1, -0.05) is 43.1 Å². The lowest BCUT2D eigenvalue weighted by atomic mass is 10.1. The smallest absolute Gasteiger partial charge is 0.211 e. The molecule has 0 heterocycles. The number of halogens is 1. The summed E-state index contributed by atoms with van der Waals surface area (Å²) < 4.78 is 26.4. The Morgan fingerprint density at radius 1 is 1.30 bits per heavy atom. The molecule has 1 N–H and O–H groups in total. The fraction of sp³-hybridized carbons (Fsp3) is 0.571. The summed E-state index contributed by atoms with van der Waals surface area (Å²) in [6, 6.07) is 7.43. The summed E-state index contributed by atoms with van der Waals surface area (Å²) >= 11 is 6.19. The summed E-state index contributed by atoms with van der Waals surface area (Å²) in [5.74, 6) is 0.173. The van der Waals surface area contributed by atoms with Crippen molar-refractivity contribution in [2.45, 2.75) is 25.8 Å². The van der Waals surface area contributed by atoms with E-state index in [1.165, 1.54) is 0 Å². The first-order valence-electron chi connectivity index (χ1n) is 6.75. The highest BCUT2D eigenvalue weighted by Gasteiger charge is 2.19. The van der Waals surface area contributed by atoms with E-state index in [4.69, 9.17) is 11.6 Å². The maximum absolute atomic E-state index is 11.9. The second-order valence-corrected chi connectivity index (χ2v) is 7.36. The van der Waals surface area contributed by atoms with Gasteiger partial charge in [-0.3, -0.25) is 0 Å². The molecular weight excluding hydrogens is 296 g/mol. The molecule has 1 aromatic rings. The lowest BCUT2D eigenvalue weighted by molar-refractivity contribution is 0.299. The van der Waals surface area contributed by atoms with Crippen molar-refractivity contribution in [2.75, 3.05) is 26.4 Å². The Balaban J connectivity index is 2.78. The molecule has 20 heavy (non-hydrogen) atoms. The van der Waals surface area contributed by atoms with Gasteiger partial charge >= 0.3 is 0 Å². The zero-order valence-electron chi connectivity index (χ0n) is 12.3. The third kappa shape index (κ3) is 5.40. The third-order valence-corrected chi connectivity index (χ3v) is 4.93. The molecule has 1 atom stereocenters. The number of likely N-dealkylation sites (N-methyl/N-ethyl adjacent to an activating group) is 1. The van der Waals surface area contributed by atoms with Crippen LogP contribution in [0.3, 0.4) is 0 Å². The predicted octanol–water partition coefficient (Wildman–Crippen LogP) is 2.66. The van der Waals surface area contributed by atoms with Crippen LogP contribution in [0.15, 0.2) is 24.3 Å². The van der Waals surface area contributed by atoms with E-state index in [1.807, 2.05) is 50.2 Å². The van der Waals surface area contributed by atoms with E-state index in [0.29, 0.717) is 18.0 Å². The Bertz CT molecular complexity index is 518. The van der Waals surface area contributed by atoms with Crippen LogP contribution in [0.2, 0.25) is 5.02 Å². The van der Waals surface area contributed by atoms with Crippen molar-refractivity contribution in [2.24, 2.45) is 0 Å². The molecule has 1 unspecified atom stereocenters. The van der Waals surface area contributed by atoms with Gasteiger partial charge in [0.1, 0.15) is 0 Å². The summed E-state index contributed by atoms with van der Waals surface area (Å²) in [5, 5.41) is 0.652. The largest absolute Gasteiger partial charge is 0.301 e. The molecule has 114 valence electrons. The Morgan fingerprint density at radius 2 is 1.95 bits per heavy atom. The quantitative estimate of drug-likeness (QED) is 0.801. The van der Waals surface area contributed by atoms with Gasteiger partial charge in [0.25, 0.3) is 0 Å². The van der Waals surface area contributed by atoms with Gasteiger partial charge in [-0.25, -0.2) is 13.1 Å². The lowest BCUT2D eigenvalue weighted by Crippen LogP contribution is -2.35. The maximum atomic E-state index is 11.9. The number of nitrogens with one attached hydrogen (secondary N) is 1. The Kier molecular flexibility index (Phi) is 6.95. The minimum atomic E-state index is -3.21. The monoisotopic (exact) mass is 318 g/mol. The summed E-state index contributed by atoms with van der Waals surface area (Å²) in [6.07, 6.45) is 1.54. The molecule has 0 bridgehead atoms. The average Bonchev–Trinajstić information content (AvgIpc) is 2.38. The molecule has 0 aliphatic rings. The third-order valence-electron chi connectivity index (χ3n) is 3.15. The molecule has 0 saturated heterocycles. The fourth-order valence-electron chi connectivity index (χ4n) is 1.93. The molecule has 1 rings (SSSR count). The number of hydrogen-bond acceptors (Lipinski definition) is 3. The lowest BCUT2D eigenvalue weighted by Gasteiger charge is -2.25. The van der Waals surface area contributed by atoms with Gasteiger partial charge in [-0.15, -0.1) is 0 Å².